The SMILES string of the molecule is CC(=O)N(C)c1ccc(N(C(=O)c2ccc(Sc3ccccn3)c([N+](=O)[O-])c2)S(C)(=O)=O)cc1. The first-order valence-electron chi connectivity index (χ1n) is 9.75. The van der Waals surface area contributed by atoms with E-state index in [1.54, 1.807) is 31.4 Å². The molecule has 0 fully saturated rings. The molecule has 3 aromatic rings. The van der Waals surface area contributed by atoms with Crippen LogP contribution in [0.5, 0.6) is 0 Å². The summed E-state index contributed by atoms with van der Waals surface area (Å²) in [6.45, 7) is 1.38. The van der Waals surface area contributed by atoms with Crippen LogP contribution in [0.3, 0.4) is 0 Å². The third-order valence-electron chi connectivity index (χ3n) is 4.71. The lowest BCUT2D eigenvalue weighted by atomic mass is 10.1. The van der Waals surface area contributed by atoms with Crippen molar-refractivity contribution in [3.63, 3.8) is 0 Å². The first-order chi connectivity index (χ1) is 16.0. The highest BCUT2D eigenvalue weighted by atomic mass is 32.2. The van der Waals surface area contributed by atoms with Crippen LogP contribution in [0.1, 0.15) is 17.3 Å². The number of anilines is 2. The normalized spacial score (nSPS) is 11.0. The van der Waals surface area contributed by atoms with Crippen molar-refractivity contribution < 1.29 is 22.9 Å². The predicted octanol–water partition coefficient (Wildman–Crippen LogP) is 3.73. The Balaban J connectivity index is 2.00. The lowest BCUT2D eigenvalue weighted by Crippen LogP contribution is -2.36. The topological polar surface area (TPSA) is 131 Å². The largest absolute Gasteiger partial charge is 0.316 e. The van der Waals surface area contributed by atoms with Crippen molar-refractivity contribution in [3.05, 3.63) is 82.5 Å². The van der Waals surface area contributed by atoms with Crippen LogP contribution in [0.15, 0.2) is 76.8 Å². The van der Waals surface area contributed by atoms with E-state index in [9.17, 15) is 28.1 Å². The highest BCUT2D eigenvalue weighted by Gasteiger charge is 2.29. The van der Waals surface area contributed by atoms with E-state index < -0.39 is 20.9 Å². The third kappa shape index (κ3) is 5.58. The highest BCUT2D eigenvalue weighted by Crippen LogP contribution is 2.35. The molecule has 0 atom stereocenters. The zero-order chi connectivity index (χ0) is 25.0. The van der Waals surface area contributed by atoms with Gasteiger partial charge in [-0.1, -0.05) is 17.8 Å². The van der Waals surface area contributed by atoms with E-state index in [1.165, 1.54) is 48.2 Å². The predicted molar refractivity (Wildman–Crippen MR) is 129 cm³/mol. The van der Waals surface area contributed by atoms with Crippen LogP contribution in [-0.4, -0.2) is 43.4 Å². The lowest BCUT2D eigenvalue weighted by molar-refractivity contribution is -0.387. The molecule has 3 rings (SSSR count). The van der Waals surface area contributed by atoms with E-state index in [4.69, 9.17) is 0 Å². The number of amides is 2. The van der Waals surface area contributed by atoms with Crippen molar-refractivity contribution in [3.8, 4) is 0 Å². The van der Waals surface area contributed by atoms with Crippen LogP contribution >= 0.6 is 11.8 Å². The number of rotatable bonds is 7. The molecule has 1 aromatic heterocycles. The number of aromatic nitrogens is 1. The van der Waals surface area contributed by atoms with Gasteiger partial charge in [0.05, 0.1) is 21.8 Å². The van der Waals surface area contributed by atoms with E-state index >= 15 is 0 Å². The first-order valence-corrected chi connectivity index (χ1v) is 12.4. The van der Waals surface area contributed by atoms with Gasteiger partial charge in [0.25, 0.3) is 11.6 Å². The fourth-order valence-corrected chi connectivity index (χ4v) is 4.74. The molecular weight excluding hydrogens is 480 g/mol. The molecule has 12 heteroatoms. The summed E-state index contributed by atoms with van der Waals surface area (Å²) in [5.41, 5.74) is 0.00675. The van der Waals surface area contributed by atoms with E-state index in [1.807, 2.05) is 0 Å². The molecule has 0 spiro atoms. The summed E-state index contributed by atoms with van der Waals surface area (Å²) < 4.78 is 25.6. The van der Waals surface area contributed by atoms with Crippen molar-refractivity contribution in [2.45, 2.75) is 16.8 Å². The van der Waals surface area contributed by atoms with Gasteiger partial charge in [-0.25, -0.2) is 17.7 Å². The molecule has 0 unspecified atom stereocenters. The quantitative estimate of drug-likeness (QED) is 0.354. The van der Waals surface area contributed by atoms with Crippen LogP contribution in [0.2, 0.25) is 0 Å². The molecule has 1 heterocycles. The molecule has 0 saturated heterocycles. The van der Waals surface area contributed by atoms with Crippen LogP contribution in [0, 0.1) is 10.1 Å². The molecule has 34 heavy (non-hydrogen) atoms. The maximum Gasteiger partial charge on any atom is 0.284 e. The molecule has 0 radical (unpaired) electrons. The van der Waals surface area contributed by atoms with Gasteiger partial charge in [-0.3, -0.25) is 19.7 Å². The fraction of sp³-hybridized carbons (Fsp3) is 0.136. The molecule has 0 aliphatic heterocycles. The molecule has 0 aliphatic rings. The number of sulfonamides is 1. The highest BCUT2D eigenvalue weighted by molar-refractivity contribution is 7.99. The Hall–Kier alpha value is -3.77. The van der Waals surface area contributed by atoms with E-state index in [0.29, 0.717) is 15.0 Å². The zero-order valence-corrected chi connectivity index (χ0v) is 20.0. The second-order valence-corrected chi connectivity index (χ2v) is 10.0. The molecule has 0 N–H and O–H groups in total. The van der Waals surface area contributed by atoms with E-state index in [0.717, 1.165) is 24.1 Å². The van der Waals surface area contributed by atoms with Gasteiger partial charge in [0, 0.05) is 37.5 Å². The first kappa shape index (κ1) is 24.9. The lowest BCUT2D eigenvalue weighted by Gasteiger charge is -2.22. The van der Waals surface area contributed by atoms with Crippen LogP contribution in [0.4, 0.5) is 17.1 Å². The summed E-state index contributed by atoms with van der Waals surface area (Å²) >= 11 is 1.05. The van der Waals surface area contributed by atoms with Gasteiger partial charge in [0.15, 0.2) is 0 Å². The number of nitro groups is 1. The summed E-state index contributed by atoms with van der Waals surface area (Å²) in [6.07, 6.45) is 2.41. The summed E-state index contributed by atoms with van der Waals surface area (Å²) in [5, 5.41) is 12.2. The Morgan fingerprint density at radius 3 is 2.21 bits per heavy atom. The minimum absolute atomic E-state index is 0.0304. The van der Waals surface area contributed by atoms with Gasteiger partial charge in [0.1, 0.15) is 5.03 Å². The zero-order valence-electron chi connectivity index (χ0n) is 18.4. The summed E-state index contributed by atoms with van der Waals surface area (Å²) in [4.78, 5) is 41.5. The molecule has 0 saturated carbocycles. The monoisotopic (exact) mass is 500 g/mol. The van der Waals surface area contributed by atoms with Crippen molar-refractivity contribution >= 4 is 50.7 Å². The Morgan fingerprint density at radius 1 is 1.03 bits per heavy atom. The molecule has 0 bridgehead atoms. The Kier molecular flexibility index (Phi) is 7.32. The maximum absolute atomic E-state index is 13.2. The van der Waals surface area contributed by atoms with Crippen LogP contribution < -0.4 is 9.21 Å². The molecule has 10 nitrogen and oxygen atoms in total. The van der Waals surface area contributed by atoms with Crippen molar-refractivity contribution in [2.24, 2.45) is 0 Å². The van der Waals surface area contributed by atoms with Crippen LogP contribution in [0.25, 0.3) is 0 Å². The molecule has 0 aliphatic carbocycles. The Bertz CT molecular complexity index is 1350. The van der Waals surface area contributed by atoms with Gasteiger partial charge in [-0.05, 0) is 48.5 Å². The van der Waals surface area contributed by atoms with Crippen molar-refractivity contribution in [1.29, 1.82) is 0 Å². The number of nitrogens with zero attached hydrogens (tertiary/aromatic N) is 4. The molecule has 176 valence electrons. The minimum Gasteiger partial charge on any atom is -0.316 e. The summed E-state index contributed by atoms with van der Waals surface area (Å²) in [5.74, 6) is -1.17. The summed E-state index contributed by atoms with van der Waals surface area (Å²) in [7, 11) is -2.53. The number of carbonyl (C=O) groups is 2. The van der Waals surface area contributed by atoms with E-state index in [2.05, 4.69) is 4.98 Å². The second-order valence-electron chi connectivity index (χ2n) is 7.14. The number of hydrogen-bond acceptors (Lipinski definition) is 8. The standard InChI is InChI=1S/C22H20N4O6S2/c1-15(27)24(2)17-8-10-18(11-9-17)25(34(3,31)32)22(28)16-7-12-20(19(14-16)26(29)30)33-21-6-4-5-13-23-21/h4-14H,1-3H3. The van der Waals surface area contributed by atoms with Gasteiger partial charge in [0.2, 0.25) is 15.9 Å². The van der Waals surface area contributed by atoms with Gasteiger partial charge >= 0.3 is 0 Å². The number of benzene rings is 2. The Morgan fingerprint density at radius 2 is 1.68 bits per heavy atom. The second kappa shape index (κ2) is 10.0. The van der Waals surface area contributed by atoms with Crippen LogP contribution in [-0.2, 0) is 14.8 Å². The Labute approximate surface area is 200 Å². The summed E-state index contributed by atoms with van der Waals surface area (Å²) in [6, 6.07) is 14.7. The van der Waals surface area contributed by atoms with Gasteiger partial charge < -0.3 is 4.90 Å². The average Bonchev–Trinajstić information content (AvgIpc) is 2.79. The fourth-order valence-electron chi connectivity index (χ4n) is 2.97. The maximum atomic E-state index is 13.2. The van der Waals surface area contributed by atoms with Gasteiger partial charge in [-0.15, -0.1) is 0 Å². The number of hydrogen-bond donors (Lipinski definition) is 0. The number of nitro benzene ring substituents is 1. The van der Waals surface area contributed by atoms with Gasteiger partial charge in [-0.2, -0.15) is 0 Å². The number of carbonyl (C=O) groups excluding carboxylic acids is 2. The van der Waals surface area contributed by atoms with Crippen molar-refractivity contribution in [2.75, 3.05) is 22.5 Å². The molecule has 2 aromatic carbocycles. The minimum atomic E-state index is -4.09. The van der Waals surface area contributed by atoms with Crippen molar-refractivity contribution in [1.82, 2.24) is 4.98 Å². The molecular formula is C22H20N4O6S2. The van der Waals surface area contributed by atoms with E-state index in [-0.39, 0.29) is 27.7 Å². The average molecular weight is 501 g/mol. The smallest absolute Gasteiger partial charge is 0.284 e. The number of pyridine rings is 1. The third-order valence-corrected chi connectivity index (χ3v) is 6.77. The molecule has 2 amide bonds.